The van der Waals surface area contributed by atoms with E-state index >= 15 is 0 Å². The summed E-state index contributed by atoms with van der Waals surface area (Å²) in [4.78, 5) is 11.9. The predicted molar refractivity (Wildman–Crippen MR) is 94.5 cm³/mol. The highest BCUT2D eigenvalue weighted by Gasteiger charge is 2.15. The molecule has 0 bridgehead atoms. The van der Waals surface area contributed by atoms with Gasteiger partial charge in [0.1, 0.15) is 11.9 Å². The summed E-state index contributed by atoms with van der Waals surface area (Å²) in [5.41, 5.74) is 0.709. The fourth-order valence-electron chi connectivity index (χ4n) is 1.98. The average Bonchev–Trinajstić information content (AvgIpc) is 3.05. The Kier molecular flexibility index (Phi) is 5.02. The van der Waals surface area contributed by atoms with Crippen LogP contribution in [0.2, 0.25) is 0 Å². The van der Waals surface area contributed by atoms with Crippen LogP contribution >= 0.6 is 11.3 Å². The SMILES string of the molecule is CC(Oc1ccccc1)c1nnc(NC(=O)Nc2ccccc2)s1. The predicted octanol–water partition coefficient (Wildman–Crippen LogP) is 4.32. The van der Waals surface area contributed by atoms with E-state index in [1.54, 1.807) is 12.1 Å². The summed E-state index contributed by atoms with van der Waals surface area (Å²) in [5.74, 6) is 0.761. The smallest absolute Gasteiger partial charge is 0.325 e. The third-order valence-corrected chi connectivity index (χ3v) is 4.10. The summed E-state index contributed by atoms with van der Waals surface area (Å²) >= 11 is 1.28. The first-order valence-corrected chi connectivity index (χ1v) is 8.20. The van der Waals surface area contributed by atoms with Crippen LogP contribution in [0.1, 0.15) is 18.0 Å². The van der Waals surface area contributed by atoms with E-state index in [4.69, 9.17) is 4.74 Å². The van der Waals surface area contributed by atoms with E-state index in [0.717, 1.165) is 5.75 Å². The molecule has 2 amide bonds. The van der Waals surface area contributed by atoms with E-state index in [0.29, 0.717) is 15.8 Å². The fourth-order valence-corrected chi connectivity index (χ4v) is 2.70. The number of carbonyl (C=O) groups is 1. The molecule has 0 saturated heterocycles. The Labute approximate surface area is 143 Å². The molecule has 1 heterocycles. The molecule has 2 N–H and O–H groups in total. The molecule has 0 aliphatic heterocycles. The number of aromatic nitrogens is 2. The number of carbonyl (C=O) groups excluding carboxylic acids is 1. The maximum atomic E-state index is 11.9. The Morgan fingerprint density at radius 1 is 1.00 bits per heavy atom. The molecule has 122 valence electrons. The zero-order chi connectivity index (χ0) is 16.8. The van der Waals surface area contributed by atoms with E-state index in [1.165, 1.54) is 11.3 Å². The first-order valence-electron chi connectivity index (χ1n) is 7.39. The number of nitrogens with zero attached hydrogens (tertiary/aromatic N) is 2. The van der Waals surface area contributed by atoms with Crippen molar-refractivity contribution < 1.29 is 9.53 Å². The van der Waals surface area contributed by atoms with Gasteiger partial charge in [0.05, 0.1) is 0 Å². The Bertz CT molecular complexity index is 793. The van der Waals surface area contributed by atoms with Crippen LogP contribution in [0.15, 0.2) is 60.7 Å². The molecular weight excluding hydrogens is 324 g/mol. The number of anilines is 2. The molecule has 1 aromatic heterocycles. The van der Waals surface area contributed by atoms with Gasteiger partial charge in [-0.15, -0.1) is 10.2 Å². The standard InChI is InChI=1S/C17H16N4O2S/c1-12(23-14-10-6-3-7-11-14)15-20-21-17(24-15)19-16(22)18-13-8-4-2-5-9-13/h2-12H,1H3,(H2,18,19,21,22). The van der Waals surface area contributed by atoms with Crippen molar-refractivity contribution in [2.45, 2.75) is 13.0 Å². The number of amides is 2. The number of nitrogens with one attached hydrogen (secondary N) is 2. The van der Waals surface area contributed by atoms with Gasteiger partial charge >= 0.3 is 6.03 Å². The molecule has 1 unspecified atom stereocenters. The quantitative estimate of drug-likeness (QED) is 0.725. The highest BCUT2D eigenvalue weighted by Crippen LogP contribution is 2.26. The van der Waals surface area contributed by atoms with Crippen molar-refractivity contribution in [1.82, 2.24) is 10.2 Å². The molecule has 0 saturated carbocycles. The molecule has 0 spiro atoms. The summed E-state index contributed by atoms with van der Waals surface area (Å²) in [5, 5.41) is 14.6. The third-order valence-electron chi connectivity index (χ3n) is 3.10. The number of para-hydroxylation sites is 2. The summed E-state index contributed by atoms with van der Waals surface area (Å²) < 4.78 is 5.79. The van der Waals surface area contributed by atoms with Gasteiger partial charge < -0.3 is 10.1 Å². The number of ether oxygens (including phenoxy) is 1. The summed E-state index contributed by atoms with van der Waals surface area (Å²) in [7, 11) is 0. The van der Waals surface area contributed by atoms with E-state index < -0.39 is 0 Å². The monoisotopic (exact) mass is 340 g/mol. The van der Waals surface area contributed by atoms with Crippen molar-refractivity contribution in [2.75, 3.05) is 10.6 Å². The number of hydrogen-bond donors (Lipinski definition) is 2. The molecule has 24 heavy (non-hydrogen) atoms. The summed E-state index contributed by atoms with van der Waals surface area (Å²) in [6.07, 6.45) is -0.252. The molecule has 1 atom stereocenters. The van der Waals surface area contributed by atoms with Gasteiger partial charge in [0.2, 0.25) is 5.13 Å². The number of urea groups is 1. The minimum Gasteiger partial charge on any atom is -0.483 e. The number of benzene rings is 2. The van der Waals surface area contributed by atoms with E-state index in [-0.39, 0.29) is 12.1 Å². The Morgan fingerprint density at radius 2 is 1.67 bits per heavy atom. The first-order chi connectivity index (χ1) is 11.7. The second-order valence-corrected chi connectivity index (χ2v) is 5.97. The third kappa shape index (κ3) is 4.30. The normalized spacial score (nSPS) is 11.5. The zero-order valence-electron chi connectivity index (χ0n) is 13.0. The maximum absolute atomic E-state index is 11.9. The van der Waals surface area contributed by atoms with Crippen molar-refractivity contribution in [3.05, 3.63) is 65.7 Å². The highest BCUT2D eigenvalue weighted by molar-refractivity contribution is 7.15. The molecule has 7 heteroatoms. The van der Waals surface area contributed by atoms with Gasteiger partial charge in [0, 0.05) is 5.69 Å². The van der Waals surface area contributed by atoms with Crippen LogP contribution in [0.3, 0.4) is 0 Å². The van der Waals surface area contributed by atoms with Gasteiger partial charge in [0.25, 0.3) is 0 Å². The molecule has 0 aliphatic rings. The van der Waals surface area contributed by atoms with Gasteiger partial charge in [0.15, 0.2) is 5.01 Å². The minimum absolute atomic E-state index is 0.252. The van der Waals surface area contributed by atoms with Crippen LogP contribution in [-0.4, -0.2) is 16.2 Å². The van der Waals surface area contributed by atoms with E-state index in [1.807, 2.05) is 55.5 Å². The molecule has 3 aromatic rings. The van der Waals surface area contributed by atoms with Gasteiger partial charge in [-0.3, -0.25) is 5.32 Å². The lowest BCUT2D eigenvalue weighted by Gasteiger charge is -2.11. The molecule has 0 aliphatic carbocycles. The largest absolute Gasteiger partial charge is 0.483 e. The van der Waals surface area contributed by atoms with Crippen LogP contribution in [0.25, 0.3) is 0 Å². The lowest BCUT2D eigenvalue weighted by atomic mass is 10.3. The Hall–Kier alpha value is -2.93. The first kappa shape index (κ1) is 15.9. The minimum atomic E-state index is -0.361. The average molecular weight is 340 g/mol. The van der Waals surface area contributed by atoms with E-state index in [2.05, 4.69) is 20.8 Å². The van der Waals surface area contributed by atoms with Crippen molar-refractivity contribution in [1.29, 1.82) is 0 Å². The number of rotatable bonds is 5. The van der Waals surface area contributed by atoms with Crippen LogP contribution in [-0.2, 0) is 0 Å². The van der Waals surface area contributed by atoms with Crippen molar-refractivity contribution in [3.8, 4) is 5.75 Å². The Morgan fingerprint density at radius 3 is 2.38 bits per heavy atom. The molecule has 0 fully saturated rings. The van der Waals surface area contributed by atoms with Crippen molar-refractivity contribution in [2.24, 2.45) is 0 Å². The van der Waals surface area contributed by atoms with Gasteiger partial charge in [-0.25, -0.2) is 4.79 Å². The van der Waals surface area contributed by atoms with Crippen molar-refractivity contribution >= 4 is 28.2 Å². The fraction of sp³-hybridized carbons (Fsp3) is 0.118. The van der Waals surface area contributed by atoms with Crippen molar-refractivity contribution in [3.63, 3.8) is 0 Å². The summed E-state index contributed by atoms with van der Waals surface area (Å²) in [6, 6.07) is 18.3. The van der Waals surface area contributed by atoms with Gasteiger partial charge in [-0.2, -0.15) is 0 Å². The molecular formula is C17H16N4O2S. The van der Waals surface area contributed by atoms with Crippen LogP contribution in [0, 0.1) is 0 Å². The van der Waals surface area contributed by atoms with Crippen LogP contribution < -0.4 is 15.4 Å². The lowest BCUT2D eigenvalue weighted by Crippen LogP contribution is -2.19. The van der Waals surface area contributed by atoms with Crippen LogP contribution in [0.5, 0.6) is 5.75 Å². The highest BCUT2D eigenvalue weighted by atomic mass is 32.1. The molecule has 6 nitrogen and oxygen atoms in total. The molecule has 0 radical (unpaired) electrons. The van der Waals surface area contributed by atoms with Gasteiger partial charge in [-0.1, -0.05) is 47.7 Å². The summed E-state index contributed by atoms with van der Waals surface area (Å²) in [6.45, 7) is 1.89. The topological polar surface area (TPSA) is 76.1 Å². The molecule has 3 rings (SSSR count). The van der Waals surface area contributed by atoms with Crippen LogP contribution in [0.4, 0.5) is 15.6 Å². The maximum Gasteiger partial charge on any atom is 0.325 e. The lowest BCUT2D eigenvalue weighted by molar-refractivity contribution is 0.225. The van der Waals surface area contributed by atoms with E-state index in [9.17, 15) is 4.79 Å². The van der Waals surface area contributed by atoms with Gasteiger partial charge in [-0.05, 0) is 31.2 Å². The zero-order valence-corrected chi connectivity index (χ0v) is 13.8. The second kappa shape index (κ2) is 7.56. The second-order valence-electron chi connectivity index (χ2n) is 4.96. The molecule has 2 aromatic carbocycles. The Balaban J connectivity index is 1.58. The number of hydrogen-bond acceptors (Lipinski definition) is 5.